The Morgan fingerprint density at radius 3 is 2.80 bits per heavy atom. The highest BCUT2D eigenvalue weighted by molar-refractivity contribution is 7.99. The number of rotatable bonds is 5. The number of amides is 1. The Morgan fingerprint density at radius 2 is 2.08 bits per heavy atom. The molecule has 1 atom stereocenters. The van der Waals surface area contributed by atoms with Crippen molar-refractivity contribution in [3.05, 3.63) is 57.4 Å². The third-order valence-electron chi connectivity index (χ3n) is 3.74. The Hall–Kier alpha value is -2.19. The van der Waals surface area contributed by atoms with E-state index < -0.39 is 0 Å². The lowest BCUT2D eigenvalue weighted by Gasteiger charge is -2.14. The largest absolute Gasteiger partial charge is 0.349 e. The minimum Gasteiger partial charge on any atom is -0.349 e. The van der Waals surface area contributed by atoms with Gasteiger partial charge in [0.2, 0.25) is 5.91 Å². The van der Waals surface area contributed by atoms with Gasteiger partial charge in [0.25, 0.3) is 5.56 Å². The number of aromatic nitrogens is 2. The number of hydrogen-bond acceptors (Lipinski definition) is 5. The van der Waals surface area contributed by atoms with E-state index in [2.05, 4.69) is 10.3 Å². The number of benzene rings is 1. The summed E-state index contributed by atoms with van der Waals surface area (Å²) in [6.07, 6.45) is 0. The zero-order chi connectivity index (χ0) is 18.0. The molecule has 0 spiro atoms. The van der Waals surface area contributed by atoms with E-state index in [-0.39, 0.29) is 29.1 Å². The monoisotopic (exact) mass is 377 g/mol. The van der Waals surface area contributed by atoms with Gasteiger partial charge in [-0.1, -0.05) is 23.9 Å². The number of hydrogen-bond donors (Lipinski definition) is 1. The van der Waals surface area contributed by atoms with Crippen molar-refractivity contribution in [2.24, 2.45) is 7.05 Å². The highest BCUT2D eigenvalue weighted by Crippen LogP contribution is 2.20. The molecule has 0 saturated carbocycles. The minimum absolute atomic E-state index is 0.117. The molecule has 1 aromatic carbocycles. The molecule has 1 N–H and O–H groups in total. The van der Waals surface area contributed by atoms with Crippen LogP contribution in [0, 0.1) is 5.82 Å². The van der Waals surface area contributed by atoms with Crippen LogP contribution in [0.4, 0.5) is 4.39 Å². The zero-order valence-corrected chi connectivity index (χ0v) is 15.3. The molecule has 3 aromatic rings. The van der Waals surface area contributed by atoms with Crippen molar-refractivity contribution >= 4 is 39.2 Å². The van der Waals surface area contributed by atoms with Crippen molar-refractivity contribution in [3.63, 3.8) is 0 Å². The van der Waals surface area contributed by atoms with E-state index in [0.29, 0.717) is 15.4 Å². The number of nitrogens with one attached hydrogen (secondary N) is 1. The average Bonchev–Trinajstić information content (AvgIpc) is 3.06. The van der Waals surface area contributed by atoms with Crippen LogP contribution in [-0.4, -0.2) is 21.2 Å². The molecule has 0 aliphatic carbocycles. The van der Waals surface area contributed by atoms with Gasteiger partial charge in [0.1, 0.15) is 10.6 Å². The molecular formula is C17H16FN3O2S2. The highest BCUT2D eigenvalue weighted by atomic mass is 32.2. The van der Waals surface area contributed by atoms with Crippen LogP contribution < -0.4 is 10.9 Å². The molecule has 0 saturated heterocycles. The van der Waals surface area contributed by atoms with Crippen LogP contribution in [0.1, 0.15) is 18.5 Å². The number of carbonyl (C=O) groups is 1. The van der Waals surface area contributed by atoms with Gasteiger partial charge in [0, 0.05) is 7.05 Å². The van der Waals surface area contributed by atoms with Crippen LogP contribution in [0.3, 0.4) is 0 Å². The summed E-state index contributed by atoms with van der Waals surface area (Å²) in [5.41, 5.74) is 0.708. The predicted molar refractivity (Wildman–Crippen MR) is 98.5 cm³/mol. The summed E-state index contributed by atoms with van der Waals surface area (Å²) in [7, 11) is 1.65. The number of nitrogens with zero attached hydrogens (tertiary/aromatic N) is 2. The SMILES string of the molecule is C[C@H](NC(=O)CSc1nc2sccc2c(=O)n1C)c1ccc(F)cc1. The topological polar surface area (TPSA) is 64.0 Å². The van der Waals surface area contributed by atoms with Gasteiger partial charge in [-0.2, -0.15) is 0 Å². The van der Waals surface area contributed by atoms with Gasteiger partial charge in [-0.3, -0.25) is 14.2 Å². The first-order valence-corrected chi connectivity index (χ1v) is 9.44. The molecule has 25 heavy (non-hydrogen) atoms. The van der Waals surface area contributed by atoms with Crippen LogP contribution in [-0.2, 0) is 11.8 Å². The molecule has 0 unspecified atom stereocenters. The maximum atomic E-state index is 13.0. The third-order valence-corrected chi connectivity index (χ3v) is 5.58. The van der Waals surface area contributed by atoms with E-state index in [4.69, 9.17) is 0 Å². The summed E-state index contributed by atoms with van der Waals surface area (Å²) in [4.78, 5) is 29.5. The first kappa shape index (κ1) is 17.6. The van der Waals surface area contributed by atoms with E-state index in [1.165, 1.54) is 39.8 Å². The van der Waals surface area contributed by atoms with Crippen molar-refractivity contribution in [3.8, 4) is 0 Å². The minimum atomic E-state index is -0.311. The summed E-state index contributed by atoms with van der Waals surface area (Å²) in [5, 5.41) is 5.77. The molecule has 3 rings (SSSR count). The second-order valence-electron chi connectivity index (χ2n) is 5.53. The van der Waals surface area contributed by atoms with Crippen LogP contribution in [0.25, 0.3) is 10.2 Å². The molecule has 0 radical (unpaired) electrons. The Labute approximate surface area is 151 Å². The van der Waals surface area contributed by atoms with Gasteiger partial charge in [-0.25, -0.2) is 9.37 Å². The summed E-state index contributed by atoms with van der Waals surface area (Å²) >= 11 is 2.61. The second kappa shape index (κ2) is 7.37. The molecule has 5 nitrogen and oxygen atoms in total. The van der Waals surface area contributed by atoms with Gasteiger partial charge in [-0.15, -0.1) is 11.3 Å². The lowest BCUT2D eigenvalue weighted by molar-refractivity contribution is -0.119. The van der Waals surface area contributed by atoms with Crippen molar-refractivity contribution in [2.75, 3.05) is 5.75 Å². The fraction of sp³-hybridized carbons (Fsp3) is 0.235. The van der Waals surface area contributed by atoms with E-state index in [9.17, 15) is 14.0 Å². The van der Waals surface area contributed by atoms with Gasteiger partial charge in [0.15, 0.2) is 5.16 Å². The molecule has 0 aliphatic heterocycles. The molecule has 2 heterocycles. The first-order chi connectivity index (χ1) is 12.0. The second-order valence-corrected chi connectivity index (χ2v) is 7.36. The van der Waals surface area contributed by atoms with E-state index >= 15 is 0 Å². The van der Waals surface area contributed by atoms with Crippen LogP contribution in [0.2, 0.25) is 0 Å². The molecule has 0 fully saturated rings. The lowest BCUT2D eigenvalue weighted by Crippen LogP contribution is -2.28. The summed E-state index contributed by atoms with van der Waals surface area (Å²) in [6, 6.07) is 7.53. The number of thiophene rings is 1. The van der Waals surface area contributed by atoms with Gasteiger partial charge < -0.3 is 5.32 Å². The first-order valence-electron chi connectivity index (χ1n) is 7.57. The van der Waals surface area contributed by atoms with Crippen LogP contribution in [0.5, 0.6) is 0 Å². The maximum Gasteiger partial charge on any atom is 0.262 e. The standard InChI is InChI=1S/C17H16FN3O2S2/c1-10(11-3-5-12(18)6-4-11)19-14(22)9-25-17-20-15-13(7-8-24-15)16(23)21(17)2/h3-8,10H,9H2,1-2H3,(H,19,22)/t10-/m0/s1. The van der Waals surface area contributed by atoms with Crippen LogP contribution >= 0.6 is 23.1 Å². The van der Waals surface area contributed by atoms with E-state index in [1.54, 1.807) is 25.2 Å². The van der Waals surface area contributed by atoms with Crippen molar-refractivity contribution in [1.82, 2.24) is 14.9 Å². The van der Waals surface area contributed by atoms with Crippen molar-refractivity contribution in [1.29, 1.82) is 0 Å². The zero-order valence-electron chi connectivity index (χ0n) is 13.7. The number of thioether (sulfide) groups is 1. The fourth-order valence-electron chi connectivity index (χ4n) is 2.36. The normalized spacial score (nSPS) is 12.3. The fourth-order valence-corrected chi connectivity index (χ4v) is 3.95. The molecule has 130 valence electrons. The molecule has 0 aliphatic rings. The molecule has 0 bridgehead atoms. The van der Waals surface area contributed by atoms with Crippen molar-refractivity contribution < 1.29 is 9.18 Å². The van der Waals surface area contributed by atoms with E-state index in [0.717, 1.165) is 5.56 Å². The summed E-state index contributed by atoms with van der Waals surface area (Å²) in [5.74, 6) is -0.348. The van der Waals surface area contributed by atoms with Gasteiger partial charge in [0.05, 0.1) is 17.2 Å². The summed E-state index contributed by atoms with van der Waals surface area (Å²) in [6.45, 7) is 1.83. The van der Waals surface area contributed by atoms with Crippen molar-refractivity contribution in [2.45, 2.75) is 18.1 Å². The predicted octanol–water partition coefficient (Wildman–Crippen LogP) is 3.10. The van der Waals surface area contributed by atoms with Gasteiger partial charge in [-0.05, 0) is 36.1 Å². The Balaban J connectivity index is 1.65. The molecule has 8 heteroatoms. The van der Waals surface area contributed by atoms with E-state index in [1.807, 2.05) is 12.3 Å². The number of carbonyl (C=O) groups excluding carboxylic acids is 1. The third kappa shape index (κ3) is 3.91. The van der Waals surface area contributed by atoms with Crippen LogP contribution in [0.15, 0.2) is 45.7 Å². The average molecular weight is 377 g/mol. The number of halogens is 1. The summed E-state index contributed by atoms with van der Waals surface area (Å²) < 4.78 is 14.4. The highest BCUT2D eigenvalue weighted by Gasteiger charge is 2.13. The maximum absolute atomic E-state index is 13.0. The molecule has 2 aromatic heterocycles. The Bertz CT molecular complexity index is 966. The molecule has 1 amide bonds. The number of fused-ring (bicyclic) bond motifs is 1. The Morgan fingerprint density at radius 1 is 1.36 bits per heavy atom. The Kier molecular flexibility index (Phi) is 5.19. The lowest BCUT2D eigenvalue weighted by atomic mass is 10.1. The van der Waals surface area contributed by atoms with Gasteiger partial charge >= 0.3 is 0 Å². The quantitative estimate of drug-likeness (QED) is 0.548. The smallest absolute Gasteiger partial charge is 0.262 e. The molecular weight excluding hydrogens is 361 g/mol.